The van der Waals surface area contributed by atoms with Gasteiger partial charge in [0.05, 0.1) is 19.2 Å². The molecule has 0 radical (unpaired) electrons. The molecule has 1 aromatic carbocycles. The number of nitrogens with two attached hydrogens (primary N) is 1. The Morgan fingerprint density at radius 1 is 1.30 bits per heavy atom. The molecule has 0 aliphatic carbocycles. The van der Waals surface area contributed by atoms with Gasteiger partial charge in [0.2, 0.25) is 0 Å². The predicted molar refractivity (Wildman–Crippen MR) is 86.8 cm³/mol. The number of benzene rings is 1. The first kappa shape index (κ1) is 17.3. The van der Waals surface area contributed by atoms with Crippen molar-refractivity contribution in [3.05, 3.63) is 28.8 Å². The molecule has 20 heavy (non-hydrogen) atoms. The summed E-state index contributed by atoms with van der Waals surface area (Å²) in [6.07, 6.45) is 2.28. The molecule has 114 valence electrons. The minimum absolute atomic E-state index is 0.0447. The van der Waals surface area contributed by atoms with Crippen molar-refractivity contribution < 1.29 is 10.1 Å². The Hall–Kier alpha value is -0.730. The van der Waals surface area contributed by atoms with E-state index in [2.05, 4.69) is 39.9 Å². The first-order valence-electron chi connectivity index (χ1n) is 7.60. The van der Waals surface area contributed by atoms with Crippen LogP contribution in [0.4, 0.5) is 0 Å². The predicted octanol–water partition coefficient (Wildman–Crippen LogP) is 3.77. The molecule has 0 aliphatic rings. The van der Waals surface area contributed by atoms with Gasteiger partial charge in [0.1, 0.15) is 5.75 Å². The van der Waals surface area contributed by atoms with E-state index in [9.17, 15) is 0 Å². The first-order valence-corrected chi connectivity index (χ1v) is 7.98. The molecule has 2 N–H and O–H groups in total. The van der Waals surface area contributed by atoms with Crippen LogP contribution < -0.4 is 10.1 Å². The zero-order chi connectivity index (χ0) is 15.2. The second-order valence-electron chi connectivity index (χ2n) is 6.50. The number of ether oxygens (including phenoxy) is 1. The average Bonchev–Trinajstić information content (AvgIpc) is 2.38. The smallest absolute Gasteiger partial charge is 0.123 e. The summed E-state index contributed by atoms with van der Waals surface area (Å²) in [5.74, 6) is 0.963. The van der Waals surface area contributed by atoms with Crippen molar-refractivity contribution in [3.8, 4) is 5.75 Å². The number of rotatable bonds is 7. The molecule has 0 aliphatic heterocycles. The summed E-state index contributed by atoms with van der Waals surface area (Å²) in [7, 11) is 0. The van der Waals surface area contributed by atoms with Gasteiger partial charge in [-0.1, -0.05) is 39.3 Å². The minimum atomic E-state index is 0.0447. The van der Waals surface area contributed by atoms with Crippen LogP contribution in [0, 0.1) is 0 Å². The molecule has 0 heterocycles. The molecule has 0 spiro atoms. The fraction of sp³-hybridized carbons (Fsp3) is 0.647. The third-order valence-electron chi connectivity index (χ3n) is 3.57. The fourth-order valence-electron chi connectivity index (χ4n) is 2.05. The van der Waals surface area contributed by atoms with Gasteiger partial charge in [0.15, 0.2) is 0 Å². The van der Waals surface area contributed by atoms with Crippen LogP contribution in [0.3, 0.4) is 0 Å². The first-order chi connectivity index (χ1) is 9.34. The third-order valence-corrected chi connectivity index (χ3v) is 3.80. The molecule has 2 nitrogen and oxygen atoms in total. The lowest BCUT2D eigenvalue weighted by Gasteiger charge is -2.23. The van der Waals surface area contributed by atoms with Gasteiger partial charge in [-0.15, -0.1) is 0 Å². The second kappa shape index (κ2) is 7.90. The van der Waals surface area contributed by atoms with Crippen LogP contribution in [0.25, 0.3) is 0 Å². The van der Waals surface area contributed by atoms with Gasteiger partial charge in [-0.05, 0) is 37.0 Å². The van der Waals surface area contributed by atoms with E-state index in [4.69, 9.17) is 16.3 Å². The Balaban J connectivity index is 2.52. The monoisotopic (exact) mass is 298 g/mol. The fourth-order valence-corrected chi connectivity index (χ4v) is 2.22. The van der Waals surface area contributed by atoms with Gasteiger partial charge >= 0.3 is 0 Å². The lowest BCUT2D eigenvalue weighted by molar-refractivity contribution is -0.686. The maximum absolute atomic E-state index is 6.10. The summed E-state index contributed by atoms with van der Waals surface area (Å²) in [5.41, 5.74) is 1.22. The van der Waals surface area contributed by atoms with Crippen molar-refractivity contribution in [2.24, 2.45) is 0 Å². The van der Waals surface area contributed by atoms with Crippen molar-refractivity contribution in [1.29, 1.82) is 0 Å². The summed E-state index contributed by atoms with van der Waals surface area (Å²) in [4.78, 5) is 0. The Morgan fingerprint density at radius 2 is 2.00 bits per heavy atom. The van der Waals surface area contributed by atoms with Gasteiger partial charge in [0.25, 0.3) is 0 Å². The van der Waals surface area contributed by atoms with Crippen LogP contribution in [-0.2, 0) is 5.41 Å². The summed E-state index contributed by atoms with van der Waals surface area (Å²) >= 11 is 6.10. The van der Waals surface area contributed by atoms with Crippen molar-refractivity contribution >= 4 is 11.6 Å². The number of halogens is 1. The van der Waals surface area contributed by atoms with Crippen LogP contribution >= 0.6 is 11.6 Å². The summed E-state index contributed by atoms with van der Waals surface area (Å²) in [5, 5.41) is 3.16. The van der Waals surface area contributed by atoms with Crippen LogP contribution in [-0.4, -0.2) is 19.2 Å². The molecule has 0 saturated heterocycles. The lowest BCUT2D eigenvalue weighted by Crippen LogP contribution is -2.89. The van der Waals surface area contributed by atoms with E-state index in [-0.39, 0.29) is 5.41 Å². The number of quaternary nitrogens is 1. The molecular formula is C17H29ClNO+. The third kappa shape index (κ3) is 5.72. The molecule has 0 fully saturated rings. The minimum Gasteiger partial charge on any atom is -0.493 e. The highest BCUT2D eigenvalue weighted by atomic mass is 35.5. The Labute approximate surface area is 128 Å². The van der Waals surface area contributed by atoms with E-state index in [0.717, 1.165) is 30.3 Å². The molecule has 1 rings (SSSR count). The van der Waals surface area contributed by atoms with Crippen LogP contribution in [0.1, 0.15) is 53.0 Å². The highest BCUT2D eigenvalue weighted by Crippen LogP contribution is 2.33. The van der Waals surface area contributed by atoms with Gasteiger partial charge < -0.3 is 10.1 Å². The lowest BCUT2D eigenvalue weighted by atomic mass is 9.86. The maximum atomic E-state index is 6.10. The average molecular weight is 299 g/mol. The van der Waals surface area contributed by atoms with Crippen LogP contribution in [0.5, 0.6) is 5.75 Å². The van der Waals surface area contributed by atoms with Crippen molar-refractivity contribution in [2.45, 2.75) is 58.9 Å². The van der Waals surface area contributed by atoms with Crippen LogP contribution in [0.2, 0.25) is 5.02 Å². The van der Waals surface area contributed by atoms with Crippen molar-refractivity contribution in [2.75, 3.05) is 13.2 Å². The van der Waals surface area contributed by atoms with Gasteiger partial charge in [0, 0.05) is 17.0 Å². The zero-order valence-corrected chi connectivity index (χ0v) is 14.3. The molecule has 0 unspecified atom stereocenters. The van der Waals surface area contributed by atoms with E-state index >= 15 is 0 Å². The topological polar surface area (TPSA) is 25.8 Å². The molecule has 1 aromatic rings. The van der Waals surface area contributed by atoms with E-state index in [1.54, 1.807) is 0 Å². The highest BCUT2D eigenvalue weighted by molar-refractivity contribution is 6.30. The van der Waals surface area contributed by atoms with Gasteiger partial charge in [-0.25, -0.2) is 0 Å². The highest BCUT2D eigenvalue weighted by Gasteiger charge is 2.19. The Bertz CT molecular complexity index is 412. The van der Waals surface area contributed by atoms with E-state index in [1.165, 1.54) is 12.0 Å². The summed E-state index contributed by atoms with van der Waals surface area (Å²) < 4.78 is 5.96. The molecule has 0 bridgehead atoms. The number of hydrogen-bond donors (Lipinski definition) is 1. The van der Waals surface area contributed by atoms with E-state index in [1.807, 2.05) is 18.2 Å². The Kier molecular flexibility index (Phi) is 6.84. The molecule has 1 atom stereocenters. The summed E-state index contributed by atoms with van der Waals surface area (Å²) in [6.45, 7) is 12.9. The standard InChI is InChI=1S/C17H28ClNO/c1-6-13(2)19-10-7-11-20-16-9-8-14(18)12-15(16)17(3,4)5/h8-9,12-13,19H,6-7,10-11H2,1-5H3/p+1/t13-/m0/s1. The SMILES string of the molecule is CC[C@H](C)[NH2+]CCCOc1ccc(Cl)cc1C(C)(C)C. The molecule has 0 amide bonds. The normalized spacial score (nSPS) is 13.3. The van der Waals surface area contributed by atoms with Crippen molar-refractivity contribution in [3.63, 3.8) is 0 Å². The molecular weight excluding hydrogens is 270 g/mol. The van der Waals surface area contributed by atoms with Crippen molar-refractivity contribution in [1.82, 2.24) is 0 Å². The van der Waals surface area contributed by atoms with E-state index in [0.29, 0.717) is 6.04 Å². The number of hydrogen-bond acceptors (Lipinski definition) is 1. The molecule has 0 aromatic heterocycles. The van der Waals surface area contributed by atoms with Crippen LogP contribution in [0.15, 0.2) is 18.2 Å². The zero-order valence-electron chi connectivity index (χ0n) is 13.5. The maximum Gasteiger partial charge on any atom is 0.123 e. The van der Waals surface area contributed by atoms with E-state index < -0.39 is 0 Å². The molecule has 3 heteroatoms. The van der Waals surface area contributed by atoms with Gasteiger partial charge in [-0.2, -0.15) is 0 Å². The quantitative estimate of drug-likeness (QED) is 0.762. The summed E-state index contributed by atoms with van der Waals surface area (Å²) in [6, 6.07) is 6.61. The molecule has 0 saturated carbocycles. The Morgan fingerprint density at radius 3 is 2.60 bits per heavy atom. The second-order valence-corrected chi connectivity index (χ2v) is 6.94. The largest absolute Gasteiger partial charge is 0.493 e. The van der Waals surface area contributed by atoms with Gasteiger partial charge in [-0.3, -0.25) is 0 Å².